The first kappa shape index (κ1) is 18.4. The Labute approximate surface area is 119 Å². The van der Waals surface area contributed by atoms with Crippen molar-refractivity contribution in [2.75, 3.05) is 6.54 Å². The van der Waals surface area contributed by atoms with Crippen LogP contribution in [0.3, 0.4) is 0 Å². The highest BCUT2D eigenvalue weighted by Gasteiger charge is 2.35. The lowest BCUT2D eigenvalue weighted by molar-refractivity contribution is -0.149. The van der Waals surface area contributed by atoms with Crippen molar-refractivity contribution < 1.29 is 9.90 Å². The van der Waals surface area contributed by atoms with Gasteiger partial charge in [0.2, 0.25) is 0 Å². The molecule has 0 aromatic carbocycles. The van der Waals surface area contributed by atoms with E-state index in [-0.39, 0.29) is 0 Å². The van der Waals surface area contributed by atoms with E-state index in [1.165, 1.54) is 0 Å². The van der Waals surface area contributed by atoms with Crippen LogP contribution in [0.15, 0.2) is 0 Å². The van der Waals surface area contributed by atoms with Gasteiger partial charge in [-0.1, -0.05) is 41.5 Å². The Morgan fingerprint density at radius 3 is 1.74 bits per heavy atom. The van der Waals surface area contributed by atoms with E-state index in [2.05, 4.69) is 33.0 Å². The molecule has 0 aliphatic rings. The second-order valence-corrected chi connectivity index (χ2v) is 6.63. The van der Waals surface area contributed by atoms with Crippen molar-refractivity contribution >= 4 is 5.97 Å². The molecule has 0 spiro atoms. The van der Waals surface area contributed by atoms with Crippen molar-refractivity contribution in [1.29, 1.82) is 0 Å². The fraction of sp³-hybridized carbons (Fsp3) is 0.938. The molecule has 19 heavy (non-hydrogen) atoms. The Morgan fingerprint density at radius 2 is 1.47 bits per heavy atom. The number of carbonyl (C=O) groups is 1. The molecule has 0 saturated carbocycles. The van der Waals surface area contributed by atoms with Crippen LogP contribution < -0.4 is 5.32 Å². The smallest absolute Gasteiger partial charge is 0.310 e. The number of carboxylic acid groups (broad SMARTS) is 1. The van der Waals surface area contributed by atoms with Crippen molar-refractivity contribution in [3.8, 4) is 0 Å². The Morgan fingerprint density at radius 1 is 1.05 bits per heavy atom. The van der Waals surface area contributed by atoms with E-state index in [4.69, 9.17) is 0 Å². The van der Waals surface area contributed by atoms with Crippen LogP contribution in [0.2, 0.25) is 0 Å². The second-order valence-electron chi connectivity index (χ2n) is 6.63. The lowest BCUT2D eigenvalue weighted by Crippen LogP contribution is -2.44. The molecule has 0 heterocycles. The summed E-state index contributed by atoms with van der Waals surface area (Å²) in [6, 6.07) is 0.428. The van der Waals surface area contributed by atoms with Gasteiger partial charge in [0.15, 0.2) is 0 Å². The topological polar surface area (TPSA) is 49.3 Å². The molecule has 0 rings (SSSR count). The summed E-state index contributed by atoms with van der Waals surface area (Å²) in [7, 11) is 0. The van der Waals surface area contributed by atoms with Gasteiger partial charge in [-0.05, 0) is 37.5 Å². The number of rotatable bonds is 10. The fourth-order valence-corrected chi connectivity index (χ4v) is 2.62. The van der Waals surface area contributed by atoms with E-state index in [0.29, 0.717) is 37.3 Å². The number of nitrogens with one attached hydrogen (secondary N) is 1. The van der Waals surface area contributed by atoms with Crippen LogP contribution in [0, 0.1) is 17.3 Å². The molecule has 0 aromatic heterocycles. The average Bonchev–Trinajstić information content (AvgIpc) is 2.28. The van der Waals surface area contributed by atoms with Crippen LogP contribution in [0.4, 0.5) is 0 Å². The predicted molar refractivity (Wildman–Crippen MR) is 81.4 cm³/mol. The molecular weight excluding hydrogens is 238 g/mol. The Kier molecular flexibility index (Phi) is 8.31. The summed E-state index contributed by atoms with van der Waals surface area (Å²) in [6.45, 7) is 13.4. The van der Waals surface area contributed by atoms with Crippen LogP contribution in [-0.4, -0.2) is 23.7 Å². The standard InChI is InChI=1S/C16H33NO2/c1-7-16(8-2,15(18)19)11-17-14(9-12(3)4)10-13(5)6/h12-14,17H,7-11H2,1-6H3,(H,18,19). The molecule has 0 radical (unpaired) electrons. The van der Waals surface area contributed by atoms with Gasteiger partial charge in [0.1, 0.15) is 0 Å². The van der Waals surface area contributed by atoms with E-state index >= 15 is 0 Å². The number of carboxylic acids is 1. The highest BCUT2D eigenvalue weighted by Crippen LogP contribution is 2.26. The maximum Gasteiger partial charge on any atom is 0.310 e. The van der Waals surface area contributed by atoms with Crippen molar-refractivity contribution in [1.82, 2.24) is 5.32 Å². The first-order valence-corrected chi connectivity index (χ1v) is 7.74. The molecule has 114 valence electrons. The van der Waals surface area contributed by atoms with E-state index in [0.717, 1.165) is 12.8 Å². The SMILES string of the molecule is CCC(CC)(CNC(CC(C)C)CC(C)C)C(=O)O. The molecule has 0 aromatic rings. The van der Waals surface area contributed by atoms with Gasteiger partial charge >= 0.3 is 5.97 Å². The third kappa shape index (κ3) is 6.42. The van der Waals surface area contributed by atoms with Crippen LogP contribution in [0.1, 0.15) is 67.2 Å². The maximum absolute atomic E-state index is 11.5. The summed E-state index contributed by atoms with van der Waals surface area (Å²) >= 11 is 0. The Bertz CT molecular complexity index is 247. The molecule has 0 saturated heterocycles. The number of hydrogen-bond donors (Lipinski definition) is 2. The molecule has 3 heteroatoms. The zero-order valence-corrected chi connectivity index (χ0v) is 13.6. The summed E-state index contributed by atoms with van der Waals surface area (Å²) in [4.78, 5) is 11.5. The molecular formula is C16H33NO2. The largest absolute Gasteiger partial charge is 0.481 e. The molecule has 0 aliphatic carbocycles. The van der Waals surface area contributed by atoms with Crippen LogP contribution in [-0.2, 0) is 4.79 Å². The number of aliphatic carboxylic acids is 1. The van der Waals surface area contributed by atoms with Gasteiger partial charge in [0.25, 0.3) is 0 Å². The van der Waals surface area contributed by atoms with Crippen LogP contribution >= 0.6 is 0 Å². The summed E-state index contributed by atoms with van der Waals surface area (Å²) in [5.41, 5.74) is -0.605. The van der Waals surface area contributed by atoms with Gasteiger partial charge in [-0.2, -0.15) is 0 Å². The fourth-order valence-electron chi connectivity index (χ4n) is 2.62. The maximum atomic E-state index is 11.5. The highest BCUT2D eigenvalue weighted by molar-refractivity contribution is 5.74. The van der Waals surface area contributed by atoms with E-state index in [9.17, 15) is 9.90 Å². The van der Waals surface area contributed by atoms with E-state index < -0.39 is 11.4 Å². The van der Waals surface area contributed by atoms with Gasteiger partial charge < -0.3 is 10.4 Å². The molecule has 0 unspecified atom stereocenters. The monoisotopic (exact) mass is 271 g/mol. The summed E-state index contributed by atoms with van der Waals surface area (Å²) < 4.78 is 0. The van der Waals surface area contributed by atoms with Crippen molar-refractivity contribution in [3.63, 3.8) is 0 Å². The van der Waals surface area contributed by atoms with Crippen molar-refractivity contribution in [2.24, 2.45) is 17.3 Å². The highest BCUT2D eigenvalue weighted by atomic mass is 16.4. The minimum Gasteiger partial charge on any atom is -0.481 e. The zero-order valence-electron chi connectivity index (χ0n) is 13.6. The third-order valence-electron chi connectivity index (χ3n) is 4.05. The molecule has 0 amide bonds. The van der Waals surface area contributed by atoms with Crippen LogP contribution in [0.25, 0.3) is 0 Å². The Balaban J connectivity index is 4.61. The molecule has 2 N–H and O–H groups in total. The minimum absolute atomic E-state index is 0.428. The molecule has 0 atom stereocenters. The zero-order chi connectivity index (χ0) is 15.1. The van der Waals surface area contributed by atoms with Gasteiger partial charge in [0, 0.05) is 12.6 Å². The van der Waals surface area contributed by atoms with Gasteiger partial charge in [-0.3, -0.25) is 4.79 Å². The quantitative estimate of drug-likeness (QED) is 0.633. The van der Waals surface area contributed by atoms with E-state index in [1.807, 2.05) is 13.8 Å². The predicted octanol–water partition coefficient (Wildman–Crippen LogP) is 3.93. The van der Waals surface area contributed by atoms with Gasteiger partial charge in [0.05, 0.1) is 5.41 Å². The molecule has 0 fully saturated rings. The molecule has 0 aliphatic heterocycles. The van der Waals surface area contributed by atoms with Crippen molar-refractivity contribution in [2.45, 2.75) is 73.3 Å². The third-order valence-corrected chi connectivity index (χ3v) is 4.05. The Hall–Kier alpha value is -0.570. The first-order valence-electron chi connectivity index (χ1n) is 7.74. The van der Waals surface area contributed by atoms with Crippen molar-refractivity contribution in [3.05, 3.63) is 0 Å². The lowest BCUT2D eigenvalue weighted by Gasteiger charge is -2.31. The normalized spacial score (nSPS) is 12.7. The first-order chi connectivity index (χ1) is 8.77. The summed E-state index contributed by atoms with van der Waals surface area (Å²) in [6.07, 6.45) is 3.59. The number of hydrogen-bond acceptors (Lipinski definition) is 2. The average molecular weight is 271 g/mol. The summed E-state index contributed by atoms with van der Waals surface area (Å²) in [5, 5.41) is 13.0. The lowest BCUT2D eigenvalue weighted by atomic mass is 9.81. The van der Waals surface area contributed by atoms with Gasteiger partial charge in [-0.15, -0.1) is 0 Å². The minimum atomic E-state index is -0.669. The summed E-state index contributed by atoms with van der Waals surface area (Å²) in [5.74, 6) is 0.607. The molecule has 0 bridgehead atoms. The second kappa shape index (κ2) is 8.57. The van der Waals surface area contributed by atoms with Gasteiger partial charge in [-0.25, -0.2) is 0 Å². The molecule has 3 nitrogen and oxygen atoms in total. The van der Waals surface area contributed by atoms with E-state index in [1.54, 1.807) is 0 Å². The van der Waals surface area contributed by atoms with Crippen LogP contribution in [0.5, 0.6) is 0 Å².